The molecule has 1 saturated carbocycles. The third kappa shape index (κ3) is 3.88. The van der Waals surface area contributed by atoms with E-state index in [1.54, 1.807) is 12.4 Å². The van der Waals surface area contributed by atoms with Crippen LogP contribution in [0.4, 0.5) is 11.6 Å². The Morgan fingerprint density at radius 3 is 2.65 bits per heavy atom. The number of aromatic nitrogens is 2. The summed E-state index contributed by atoms with van der Waals surface area (Å²) in [5.74, 6) is 3.40. The van der Waals surface area contributed by atoms with Crippen molar-refractivity contribution in [3.63, 3.8) is 0 Å². The Hall–Kier alpha value is -1.32. The molecule has 0 amide bonds. The molecule has 1 aliphatic carbocycles. The van der Waals surface area contributed by atoms with Gasteiger partial charge in [-0.2, -0.15) is 0 Å². The molecule has 1 fully saturated rings. The van der Waals surface area contributed by atoms with Gasteiger partial charge in [0, 0.05) is 13.1 Å². The van der Waals surface area contributed by atoms with Crippen LogP contribution in [-0.4, -0.2) is 23.1 Å². The minimum absolute atomic E-state index is 0.740. The number of nitrogens with zero attached hydrogens (tertiary/aromatic N) is 2. The predicted octanol–water partition coefficient (Wildman–Crippen LogP) is 2.76. The third-order valence-electron chi connectivity index (χ3n) is 3.22. The normalized spacial score (nSPS) is 16.6. The lowest BCUT2D eigenvalue weighted by Gasteiger charge is -2.12. The fraction of sp³-hybridized carbons (Fsp3) is 0.692. The van der Waals surface area contributed by atoms with E-state index in [0.717, 1.165) is 43.0 Å². The molecule has 0 aromatic carbocycles. The zero-order chi connectivity index (χ0) is 12.1. The van der Waals surface area contributed by atoms with Gasteiger partial charge in [0.25, 0.3) is 0 Å². The van der Waals surface area contributed by atoms with Crippen molar-refractivity contribution in [1.82, 2.24) is 9.97 Å². The zero-order valence-corrected chi connectivity index (χ0v) is 10.7. The molecule has 1 heterocycles. The number of anilines is 2. The number of hydrogen-bond acceptors (Lipinski definition) is 4. The molecular weight excluding hydrogens is 212 g/mol. The van der Waals surface area contributed by atoms with Crippen molar-refractivity contribution in [3.05, 3.63) is 12.4 Å². The third-order valence-corrected chi connectivity index (χ3v) is 3.22. The minimum Gasteiger partial charge on any atom is -0.369 e. The molecule has 0 spiro atoms. The number of hydrogen-bond donors (Lipinski definition) is 2. The van der Waals surface area contributed by atoms with Crippen molar-refractivity contribution in [2.75, 3.05) is 23.7 Å². The lowest BCUT2D eigenvalue weighted by molar-refractivity contribution is 0.536. The highest BCUT2D eigenvalue weighted by atomic mass is 15.1. The Labute approximate surface area is 103 Å². The van der Waals surface area contributed by atoms with E-state index in [9.17, 15) is 0 Å². The summed E-state index contributed by atoms with van der Waals surface area (Å²) in [6.45, 7) is 6.38. The van der Waals surface area contributed by atoms with Crippen LogP contribution in [0.25, 0.3) is 0 Å². The van der Waals surface area contributed by atoms with Crippen LogP contribution in [0.3, 0.4) is 0 Å². The van der Waals surface area contributed by atoms with Gasteiger partial charge < -0.3 is 10.6 Å². The standard InChI is InChI=1S/C13H22N4/c1-3-6-15-12-8-14-9-13(17-12)16-7-10(2)11-4-5-11/h8-11H,3-7H2,1-2H3,(H2,15,16,17). The molecule has 1 atom stereocenters. The van der Waals surface area contributed by atoms with Crippen LogP contribution in [0.5, 0.6) is 0 Å². The van der Waals surface area contributed by atoms with E-state index in [-0.39, 0.29) is 0 Å². The highest BCUT2D eigenvalue weighted by Gasteiger charge is 2.27. The molecule has 0 bridgehead atoms. The first-order chi connectivity index (χ1) is 8.29. The van der Waals surface area contributed by atoms with Crippen LogP contribution in [0.1, 0.15) is 33.1 Å². The number of rotatable bonds is 7. The van der Waals surface area contributed by atoms with Gasteiger partial charge in [0.2, 0.25) is 0 Å². The first kappa shape index (κ1) is 12.1. The molecular formula is C13H22N4. The quantitative estimate of drug-likeness (QED) is 0.761. The van der Waals surface area contributed by atoms with Gasteiger partial charge in [0.1, 0.15) is 11.6 Å². The summed E-state index contributed by atoms with van der Waals surface area (Å²) in [4.78, 5) is 8.67. The van der Waals surface area contributed by atoms with Gasteiger partial charge in [0.15, 0.2) is 0 Å². The highest BCUT2D eigenvalue weighted by Crippen LogP contribution is 2.36. The lowest BCUT2D eigenvalue weighted by atomic mass is 10.1. The first-order valence-electron chi connectivity index (χ1n) is 6.59. The van der Waals surface area contributed by atoms with Gasteiger partial charge in [-0.05, 0) is 31.1 Å². The van der Waals surface area contributed by atoms with Gasteiger partial charge in [0.05, 0.1) is 12.4 Å². The van der Waals surface area contributed by atoms with Crippen molar-refractivity contribution >= 4 is 11.6 Å². The van der Waals surface area contributed by atoms with E-state index in [1.165, 1.54) is 12.8 Å². The number of nitrogens with one attached hydrogen (secondary N) is 2. The maximum absolute atomic E-state index is 4.48. The molecule has 4 nitrogen and oxygen atoms in total. The molecule has 1 aliphatic rings. The lowest BCUT2D eigenvalue weighted by Crippen LogP contribution is -2.14. The summed E-state index contributed by atoms with van der Waals surface area (Å²) >= 11 is 0. The van der Waals surface area contributed by atoms with Crippen molar-refractivity contribution < 1.29 is 0 Å². The first-order valence-corrected chi connectivity index (χ1v) is 6.59. The van der Waals surface area contributed by atoms with Gasteiger partial charge in [-0.3, -0.25) is 4.98 Å². The molecule has 1 unspecified atom stereocenters. The Balaban J connectivity index is 1.82. The Bertz CT molecular complexity index is 349. The molecule has 2 N–H and O–H groups in total. The molecule has 2 rings (SSSR count). The topological polar surface area (TPSA) is 49.8 Å². The molecule has 0 aliphatic heterocycles. The van der Waals surface area contributed by atoms with E-state index in [2.05, 4.69) is 34.4 Å². The predicted molar refractivity (Wildman–Crippen MR) is 71.2 cm³/mol. The van der Waals surface area contributed by atoms with Crippen molar-refractivity contribution in [2.24, 2.45) is 11.8 Å². The Kier molecular flexibility index (Phi) is 4.18. The molecule has 1 aromatic rings. The monoisotopic (exact) mass is 234 g/mol. The van der Waals surface area contributed by atoms with Crippen LogP contribution >= 0.6 is 0 Å². The van der Waals surface area contributed by atoms with Gasteiger partial charge in [-0.1, -0.05) is 13.8 Å². The largest absolute Gasteiger partial charge is 0.369 e. The fourth-order valence-electron chi connectivity index (χ4n) is 1.89. The van der Waals surface area contributed by atoms with Crippen LogP contribution in [0.2, 0.25) is 0 Å². The van der Waals surface area contributed by atoms with E-state index >= 15 is 0 Å². The second-order valence-electron chi connectivity index (χ2n) is 4.91. The van der Waals surface area contributed by atoms with E-state index in [4.69, 9.17) is 0 Å². The summed E-state index contributed by atoms with van der Waals surface area (Å²) in [5, 5.41) is 6.61. The molecule has 4 heteroatoms. The molecule has 0 radical (unpaired) electrons. The summed E-state index contributed by atoms with van der Waals surface area (Å²) in [6.07, 6.45) is 7.44. The average molecular weight is 234 g/mol. The zero-order valence-electron chi connectivity index (χ0n) is 10.7. The highest BCUT2D eigenvalue weighted by molar-refractivity contribution is 5.41. The van der Waals surface area contributed by atoms with Gasteiger partial charge in [-0.15, -0.1) is 0 Å². The smallest absolute Gasteiger partial charge is 0.146 e. The summed E-state index contributed by atoms with van der Waals surface area (Å²) in [6, 6.07) is 0. The maximum atomic E-state index is 4.48. The molecule has 1 aromatic heterocycles. The van der Waals surface area contributed by atoms with Crippen LogP contribution in [0, 0.1) is 11.8 Å². The van der Waals surface area contributed by atoms with Gasteiger partial charge >= 0.3 is 0 Å². The van der Waals surface area contributed by atoms with Crippen LogP contribution < -0.4 is 10.6 Å². The molecule has 0 saturated heterocycles. The van der Waals surface area contributed by atoms with Crippen LogP contribution in [-0.2, 0) is 0 Å². The fourth-order valence-corrected chi connectivity index (χ4v) is 1.89. The Morgan fingerprint density at radius 1 is 1.29 bits per heavy atom. The molecule has 17 heavy (non-hydrogen) atoms. The average Bonchev–Trinajstić information content (AvgIpc) is 3.18. The second kappa shape index (κ2) is 5.84. The van der Waals surface area contributed by atoms with E-state index in [0.29, 0.717) is 0 Å². The Morgan fingerprint density at radius 2 is 2.00 bits per heavy atom. The summed E-state index contributed by atoms with van der Waals surface area (Å²) in [5.41, 5.74) is 0. The van der Waals surface area contributed by atoms with Gasteiger partial charge in [-0.25, -0.2) is 4.98 Å². The SMILES string of the molecule is CCCNc1cncc(NCC(C)C2CC2)n1. The van der Waals surface area contributed by atoms with Crippen LogP contribution in [0.15, 0.2) is 12.4 Å². The van der Waals surface area contributed by atoms with Crippen molar-refractivity contribution in [3.8, 4) is 0 Å². The second-order valence-corrected chi connectivity index (χ2v) is 4.91. The van der Waals surface area contributed by atoms with Crippen molar-refractivity contribution in [2.45, 2.75) is 33.1 Å². The van der Waals surface area contributed by atoms with E-state index in [1.807, 2.05) is 0 Å². The summed E-state index contributed by atoms with van der Waals surface area (Å²) in [7, 11) is 0. The van der Waals surface area contributed by atoms with Crippen molar-refractivity contribution in [1.29, 1.82) is 0 Å². The van der Waals surface area contributed by atoms with E-state index < -0.39 is 0 Å². The summed E-state index contributed by atoms with van der Waals surface area (Å²) < 4.78 is 0. The minimum atomic E-state index is 0.740. The maximum Gasteiger partial charge on any atom is 0.146 e. The molecule has 94 valence electrons.